The number of halogens is 3. The zero-order valence-corrected chi connectivity index (χ0v) is 10.2. The van der Waals surface area contributed by atoms with Gasteiger partial charge in [0.05, 0.1) is 5.02 Å². The minimum absolute atomic E-state index is 0.0376. The monoisotopic (exact) mass is 283 g/mol. The van der Waals surface area contributed by atoms with Gasteiger partial charge in [0.25, 0.3) is 0 Å². The van der Waals surface area contributed by atoms with E-state index >= 15 is 0 Å². The molecule has 0 saturated carbocycles. The van der Waals surface area contributed by atoms with Crippen LogP contribution < -0.4 is 10.5 Å². The fourth-order valence-corrected chi connectivity index (χ4v) is 1.71. The molecule has 19 heavy (non-hydrogen) atoms. The molecule has 0 bridgehead atoms. The van der Waals surface area contributed by atoms with Crippen LogP contribution in [0, 0.1) is 11.6 Å². The van der Waals surface area contributed by atoms with Gasteiger partial charge in [0.1, 0.15) is 17.4 Å². The predicted molar refractivity (Wildman–Crippen MR) is 67.0 cm³/mol. The Morgan fingerprint density at radius 3 is 2.53 bits per heavy atom. The van der Waals surface area contributed by atoms with Gasteiger partial charge in [0.2, 0.25) is 0 Å². The molecule has 0 atom stereocenters. The summed E-state index contributed by atoms with van der Waals surface area (Å²) < 4.78 is 31.4. The lowest BCUT2D eigenvalue weighted by molar-refractivity contribution is 0.211. The van der Waals surface area contributed by atoms with Crippen molar-refractivity contribution in [3.05, 3.63) is 53.1 Å². The van der Waals surface area contributed by atoms with E-state index in [1.54, 1.807) is 0 Å². The van der Waals surface area contributed by atoms with Gasteiger partial charge in [-0.3, -0.25) is 0 Å². The molecule has 2 rings (SSSR count). The van der Waals surface area contributed by atoms with Gasteiger partial charge in [-0.2, -0.15) is 0 Å². The van der Waals surface area contributed by atoms with Crippen LogP contribution in [0.4, 0.5) is 13.6 Å². The van der Waals surface area contributed by atoms with Gasteiger partial charge in [0, 0.05) is 5.56 Å². The molecule has 98 valence electrons. The Kier molecular flexibility index (Phi) is 3.66. The largest absolute Gasteiger partial charge is 0.410 e. The van der Waals surface area contributed by atoms with Gasteiger partial charge in [-0.25, -0.2) is 13.6 Å². The molecule has 6 heteroatoms. The highest BCUT2D eigenvalue weighted by Crippen LogP contribution is 2.32. The quantitative estimate of drug-likeness (QED) is 0.913. The van der Waals surface area contributed by atoms with Gasteiger partial charge in [-0.05, 0) is 35.9 Å². The zero-order valence-electron chi connectivity index (χ0n) is 9.49. The maximum absolute atomic E-state index is 13.4. The highest BCUT2D eigenvalue weighted by atomic mass is 35.5. The third kappa shape index (κ3) is 3.00. The van der Waals surface area contributed by atoms with E-state index in [0.29, 0.717) is 5.56 Å². The first-order chi connectivity index (χ1) is 8.97. The molecule has 0 aromatic heterocycles. The van der Waals surface area contributed by atoms with Crippen LogP contribution in [-0.2, 0) is 0 Å². The lowest BCUT2D eigenvalue weighted by Crippen LogP contribution is -2.16. The standard InChI is InChI=1S/C13H8ClF2NO2/c14-10-3-1-7(5-11(10)16)9-6-8(15)2-4-12(9)19-13(17)18/h1-6H,(H2,17,18). The molecule has 1 amide bonds. The summed E-state index contributed by atoms with van der Waals surface area (Å²) in [7, 11) is 0. The maximum Gasteiger partial charge on any atom is 0.409 e. The molecule has 0 saturated heterocycles. The third-order valence-electron chi connectivity index (χ3n) is 2.38. The molecule has 2 aromatic carbocycles. The van der Waals surface area contributed by atoms with Crippen LogP contribution in [0.25, 0.3) is 11.1 Å². The van der Waals surface area contributed by atoms with Gasteiger partial charge >= 0.3 is 6.09 Å². The molecule has 2 aromatic rings. The lowest BCUT2D eigenvalue weighted by Gasteiger charge is -2.09. The number of hydrogen-bond donors (Lipinski definition) is 1. The van der Waals surface area contributed by atoms with E-state index in [1.807, 2.05) is 0 Å². The number of carbonyl (C=O) groups is 1. The number of benzene rings is 2. The van der Waals surface area contributed by atoms with Crippen LogP contribution in [0.2, 0.25) is 5.02 Å². The van der Waals surface area contributed by atoms with Crippen molar-refractivity contribution in [1.82, 2.24) is 0 Å². The van der Waals surface area contributed by atoms with Crippen LogP contribution in [0.1, 0.15) is 0 Å². The topological polar surface area (TPSA) is 52.3 Å². The molecular weight excluding hydrogens is 276 g/mol. The normalized spacial score (nSPS) is 10.3. The first-order valence-corrected chi connectivity index (χ1v) is 5.57. The van der Waals surface area contributed by atoms with Gasteiger partial charge in [0.15, 0.2) is 0 Å². The molecule has 0 aliphatic rings. The fourth-order valence-electron chi connectivity index (χ4n) is 1.59. The van der Waals surface area contributed by atoms with Crippen molar-refractivity contribution >= 4 is 17.7 Å². The molecule has 0 aliphatic heterocycles. The van der Waals surface area contributed by atoms with Crippen molar-refractivity contribution in [3.8, 4) is 16.9 Å². The molecule has 0 aliphatic carbocycles. The van der Waals surface area contributed by atoms with Crippen LogP contribution in [0.15, 0.2) is 36.4 Å². The number of rotatable bonds is 2. The van der Waals surface area contributed by atoms with Gasteiger partial charge in [-0.1, -0.05) is 17.7 Å². The zero-order chi connectivity index (χ0) is 14.0. The number of amides is 1. The summed E-state index contributed by atoms with van der Waals surface area (Å²) in [4.78, 5) is 10.8. The van der Waals surface area contributed by atoms with Crippen molar-refractivity contribution in [2.24, 2.45) is 5.73 Å². The first kappa shape index (κ1) is 13.3. The summed E-state index contributed by atoms with van der Waals surface area (Å²) in [6.45, 7) is 0. The fraction of sp³-hybridized carbons (Fsp3) is 0. The van der Waals surface area contributed by atoms with E-state index in [9.17, 15) is 13.6 Å². The summed E-state index contributed by atoms with van der Waals surface area (Å²) in [5.41, 5.74) is 5.43. The van der Waals surface area contributed by atoms with E-state index < -0.39 is 17.7 Å². The summed E-state index contributed by atoms with van der Waals surface area (Å²) in [5, 5.41) is -0.0578. The Labute approximate surface area is 112 Å². The van der Waals surface area contributed by atoms with Crippen LogP contribution >= 0.6 is 11.6 Å². The summed E-state index contributed by atoms with van der Waals surface area (Å²) >= 11 is 5.57. The number of primary amides is 1. The van der Waals surface area contributed by atoms with E-state index in [1.165, 1.54) is 18.2 Å². The van der Waals surface area contributed by atoms with Crippen molar-refractivity contribution in [2.75, 3.05) is 0 Å². The molecule has 0 fully saturated rings. The molecule has 2 N–H and O–H groups in total. The first-order valence-electron chi connectivity index (χ1n) is 5.19. The Morgan fingerprint density at radius 1 is 1.16 bits per heavy atom. The van der Waals surface area contributed by atoms with E-state index in [4.69, 9.17) is 22.1 Å². The molecular formula is C13H8ClF2NO2. The number of ether oxygens (including phenoxy) is 1. The second-order valence-corrected chi connectivity index (χ2v) is 4.10. The van der Waals surface area contributed by atoms with Crippen molar-refractivity contribution in [3.63, 3.8) is 0 Å². The summed E-state index contributed by atoms with van der Waals surface area (Å²) in [5.74, 6) is -1.17. The number of carbonyl (C=O) groups excluding carboxylic acids is 1. The lowest BCUT2D eigenvalue weighted by atomic mass is 10.0. The minimum atomic E-state index is -1.04. The smallest absolute Gasteiger partial charge is 0.409 e. The van der Waals surface area contributed by atoms with Crippen LogP contribution in [0.5, 0.6) is 5.75 Å². The van der Waals surface area contributed by atoms with E-state index in [-0.39, 0.29) is 16.3 Å². The van der Waals surface area contributed by atoms with Gasteiger partial charge in [-0.15, -0.1) is 0 Å². The maximum atomic E-state index is 13.4. The average molecular weight is 284 g/mol. The van der Waals surface area contributed by atoms with Crippen molar-refractivity contribution in [2.45, 2.75) is 0 Å². The Morgan fingerprint density at radius 2 is 1.89 bits per heavy atom. The number of nitrogens with two attached hydrogens (primary N) is 1. The highest BCUT2D eigenvalue weighted by molar-refractivity contribution is 6.30. The molecule has 3 nitrogen and oxygen atoms in total. The molecule has 0 unspecified atom stereocenters. The average Bonchev–Trinajstić information content (AvgIpc) is 2.34. The second-order valence-electron chi connectivity index (χ2n) is 3.69. The summed E-state index contributed by atoms with van der Waals surface area (Å²) in [6.07, 6.45) is -1.04. The van der Waals surface area contributed by atoms with E-state index in [0.717, 1.165) is 18.2 Å². The minimum Gasteiger partial charge on any atom is -0.410 e. The molecule has 0 radical (unpaired) electrons. The Bertz CT molecular complexity index is 647. The predicted octanol–water partition coefficient (Wildman–Crippen LogP) is 3.74. The Hall–Kier alpha value is -2.14. The van der Waals surface area contributed by atoms with E-state index in [2.05, 4.69) is 0 Å². The van der Waals surface area contributed by atoms with Crippen LogP contribution in [-0.4, -0.2) is 6.09 Å². The van der Waals surface area contributed by atoms with Gasteiger partial charge < -0.3 is 10.5 Å². The molecule has 0 heterocycles. The Balaban J connectivity index is 2.55. The molecule has 0 spiro atoms. The van der Waals surface area contributed by atoms with Crippen molar-refractivity contribution in [1.29, 1.82) is 0 Å². The number of hydrogen-bond acceptors (Lipinski definition) is 2. The van der Waals surface area contributed by atoms with Crippen LogP contribution in [0.3, 0.4) is 0 Å². The van der Waals surface area contributed by atoms with Crippen molar-refractivity contribution < 1.29 is 18.3 Å². The SMILES string of the molecule is NC(=O)Oc1ccc(F)cc1-c1ccc(Cl)c(F)c1. The highest BCUT2D eigenvalue weighted by Gasteiger charge is 2.12. The third-order valence-corrected chi connectivity index (χ3v) is 2.69. The second kappa shape index (κ2) is 5.24. The summed E-state index contributed by atoms with van der Waals surface area (Å²) in [6, 6.07) is 7.38.